The summed E-state index contributed by atoms with van der Waals surface area (Å²) in [4.78, 5) is 4.62. The molecule has 0 amide bonds. The number of aromatic nitrogens is 2. The lowest BCUT2D eigenvalue weighted by molar-refractivity contribution is 0.522. The van der Waals surface area contributed by atoms with Crippen LogP contribution in [0.2, 0.25) is 0 Å². The number of imidazole rings is 1. The summed E-state index contributed by atoms with van der Waals surface area (Å²) < 4.78 is 2.13. The third-order valence-corrected chi connectivity index (χ3v) is 3.78. The van der Waals surface area contributed by atoms with E-state index in [1.54, 1.807) is 0 Å². The smallest absolute Gasteiger partial charge is 0.203 e. The molecule has 3 nitrogen and oxygen atoms in total. The van der Waals surface area contributed by atoms with E-state index in [0.29, 0.717) is 0 Å². The molecule has 110 valence electrons. The molecular weight excluding hydrogens is 246 g/mol. The van der Waals surface area contributed by atoms with E-state index in [9.17, 15) is 0 Å². The highest BCUT2D eigenvalue weighted by Crippen LogP contribution is 2.17. The second-order valence-corrected chi connectivity index (χ2v) is 6.01. The molecule has 0 fully saturated rings. The van der Waals surface area contributed by atoms with Crippen LogP contribution in [0.3, 0.4) is 0 Å². The van der Waals surface area contributed by atoms with Crippen molar-refractivity contribution in [3.63, 3.8) is 0 Å². The zero-order chi connectivity index (χ0) is 14.4. The molecule has 0 aliphatic heterocycles. The Morgan fingerprint density at radius 3 is 2.60 bits per heavy atom. The average Bonchev–Trinajstić information content (AvgIpc) is 2.75. The van der Waals surface area contributed by atoms with Crippen LogP contribution in [-0.4, -0.2) is 16.1 Å². The third kappa shape index (κ3) is 3.99. The fourth-order valence-electron chi connectivity index (χ4n) is 2.53. The number of anilines is 1. The molecule has 0 spiro atoms. The lowest BCUT2D eigenvalue weighted by atomic mass is 10.0. The van der Waals surface area contributed by atoms with Crippen molar-refractivity contribution in [2.75, 3.05) is 11.9 Å². The number of unbranched alkanes of at least 4 members (excludes halogenated alkanes) is 3. The average molecular weight is 273 g/mol. The van der Waals surface area contributed by atoms with Crippen LogP contribution in [0.15, 0.2) is 24.3 Å². The van der Waals surface area contributed by atoms with Gasteiger partial charge in [-0.15, -0.1) is 0 Å². The summed E-state index contributed by atoms with van der Waals surface area (Å²) in [5, 5.41) is 3.45. The van der Waals surface area contributed by atoms with E-state index in [-0.39, 0.29) is 0 Å². The van der Waals surface area contributed by atoms with Gasteiger partial charge in [0.05, 0.1) is 11.0 Å². The van der Waals surface area contributed by atoms with Gasteiger partial charge in [-0.2, -0.15) is 0 Å². The van der Waals surface area contributed by atoms with Crippen LogP contribution < -0.4 is 5.32 Å². The van der Waals surface area contributed by atoms with Crippen LogP contribution in [0.25, 0.3) is 11.0 Å². The van der Waals surface area contributed by atoms with Crippen LogP contribution in [0.1, 0.15) is 46.0 Å². The minimum absolute atomic E-state index is 0.841. The molecule has 0 radical (unpaired) electrons. The van der Waals surface area contributed by atoms with Crippen molar-refractivity contribution in [1.82, 2.24) is 9.55 Å². The zero-order valence-electron chi connectivity index (χ0n) is 13.0. The van der Waals surface area contributed by atoms with Gasteiger partial charge in [-0.3, -0.25) is 0 Å². The highest BCUT2D eigenvalue weighted by Gasteiger charge is 2.05. The fourth-order valence-corrected chi connectivity index (χ4v) is 2.53. The van der Waals surface area contributed by atoms with Crippen LogP contribution >= 0.6 is 0 Å². The molecule has 1 aromatic heterocycles. The molecule has 1 aromatic carbocycles. The molecule has 1 N–H and O–H groups in total. The fraction of sp³-hybridized carbons (Fsp3) is 0.588. The molecular formula is C17H27N3. The van der Waals surface area contributed by atoms with Crippen LogP contribution in [0, 0.1) is 5.92 Å². The number of para-hydroxylation sites is 2. The summed E-state index contributed by atoms with van der Waals surface area (Å²) in [6.45, 7) is 5.61. The van der Waals surface area contributed by atoms with Crippen molar-refractivity contribution in [3.05, 3.63) is 24.3 Å². The van der Waals surface area contributed by atoms with Gasteiger partial charge in [-0.25, -0.2) is 4.98 Å². The van der Waals surface area contributed by atoms with Crippen molar-refractivity contribution >= 4 is 17.0 Å². The Labute approximate surface area is 122 Å². The van der Waals surface area contributed by atoms with E-state index in [1.807, 2.05) is 6.07 Å². The first-order valence-electron chi connectivity index (χ1n) is 7.84. The molecule has 0 saturated heterocycles. The third-order valence-electron chi connectivity index (χ3n) is 3.78. The number of benzene rings is 1. The molecule has 2 rings (SSSR count). The van der Waals surface area contributed by atoms with Crippen molar-refractivity contribution in [2.45, 2.75) is 46.0 Å². The highest BCUT2D eigenvalue weighted by atomic mass is 15.2. The van der Waals surface area contributed by atoms with Gasteiger partial charge in [0.15, 0.2) is 0 Å². The molecule has 0 saturated carbocycles. The van der Waals surface area contributed by atoms with Crippen LogP contribution in [-0.2, 0) is 7.05 Å². The van der Waals surface area contributed by atoms with E-state index in [4.69, 9.17) is 0 Å². The van der Waals surface area contributed by atoms with Gasteiger partial charge in [-0.1, -0.05) is 51.7 Å². The number of aryl methyl sites for hydroxylation is 1. The molecule has 0 unspecified atom stereocenters. The maximum Gasteiger partial charge on any atom is 0.203 e. The second-order valence-electron chi connectivity index (χ2n) is 6.01. The molecule has 0 atom stereocenters. The quantitative estimate of drug-likeness (QED) is 0.713. The van der Waals surface area contributed by atoms with Crippen molar-refractivity contribution in [2.24, 2.45) is 13.0 Å². The summed E-state index contributed by atoms with van der Waals surface area (Å²) in [5.74, 6) is 1.82. The lowest BCUT2D eigenvalue weighted by Gasteiger charge is -2.07. The van der Waals surface area contributed by atoms with Gasteiger partial charge in [-0.05, 0) is 24.5 Å². The maximum atomic E-state index is 4.62. The molecule has 0 bridgehead atoms. The van der Waals surface area contributed by atoms with E-state index in [0.717, 1.165) is 23.9 Å². The topological polar surface area (TPSA) is 29.9 Å². The van der Waals surface area contributed by atoms with Crippen molar-refractivity contribution in [3.8, 4) is 0 Å². The van der Waals surface area contributed by atoms with E-state index < -0.39 is 0 Å². The Bertz CT molecular complexity index is 528. The minimum Gasteiger partial charge on any atom is -0.356 e. The first kappa shape index (κ1) is 14.9. The van der Waals surface area contributed by atoms with Gasteiger partial charge in [0.2, 0.25) is 5.95 Å². The molecule has 0 aliphatic carbocycles. The standard InChI is InChI=1S/C17H27N3/c1-14(2)10-6-4-5-9-13-18-17-19-15-11-7-8-12-16(15)20(17)3/h7-8,11-12,14H,4-6,9-10,13H2,1-3H3,(H,18,19). The number of nitrogens with zero attached hydrogens (tertiary/aromatic N) is 2. The van der Waals surface area contributed by atoms with Crippen molar-refractivity contribution in [1.29, 1.82) is 0 Å². The minimum atomic E-state index is 0.841. The first-order chi connectivity index (χ1) is 9.68. The van der Waals surface area contributed by atoms with E-state index in [1.165, 1.54) is 37.6 Å². The highest BCUT2D eigenvalue weighted by molar-refractivity contribution is 5.78. The van der Waals surface area contributed by atoms with Crippen LogP contribution in [0.5, 0.6) is 0 Å². The summed E-state index contributed by atoms with van der Waals surface area (Å²) in [5.41, 5.74) is 2.25. The number of hydrogen-bond donors (Lipinski definition) is 1. The summed E-state index contributed by atoms with van der Waals surface area (Å²) in [6, 6.07) is 8.27. The predicted octanol–water partition coefficient (Wildman–Crippen LogP) is 4.59. The molecule has 2 aromatic rings. The number of hydrogen-bond acceptors (Lipinski definition) is 2. The Hall–Kier alpha value is -1.51. The Balaban J connectivity index is 1.72. The summed E-state index contributed by atoms with van der Waals surface area (Å²) in [7, 11) is 2.07. The molecule has 20 heavy (non-hydrogen) atoms. The number of nitrogens with one attached hydrogen (secondary N) is 1. The van der Waals surface area contributed by atoms with Gasteiger partial charge in [0.25, 0.3) is 0 Å². The largest absolute Gasteiger partial charge is 0.356 e. The van der Waals surface area contributed by atoms with Crippen LogP contribution in [0.4, 0.5) is 5.95 Å². The van der Waals surface area contributed by atoms with Gasteiger partial charge in [0, 0.05) is 13.6 Å². The zero-order valence-corrected chi connectivity index (χ0v) is 13.0. The Morgan fingerprint density at radius 2 is 1.85 bits per heavy atom. The van der Waals surface area contributed by atoms with Gasteiger partial charge in [0.1, 0.15) is 0 Å². The SMILES string of the molecule is CC(C)CCCCCCNc1nc2ccccc2n1C. The lowest BCUT2D eigenvalue weighted by Crippen LogP contribution is -2.06. The number of fused-ring (bicyclic) bond motifs is 1. The normalized spacial score (nSPS) is 11.4. The molecule has 1 heterocycles. The summed E-state index contributed by atoms with van der Waals surface area (Å²) >= 11 is 0. The summed E-state index contributed by atoms with van der Waals surface area (Å²) in [6.07, 6.45) is 6.61. The Kier molecular flexibility index (Phi) is 5.45. The predicted molar refractivity (Wildman–Crippen MR) is 87.1 cm³/mol. The Morgan fingerprint density at radius 1 is 1.10 bits per heavy atom. The first-order valence-corrected chi connectivity index (χ1v) is 7.84. The van der Waals surface area contributed by atoms with Gasteiger partial charge >= 0.3 is 0 Å². The van der Waals surface area contributed by atoms with Crippen molar-refractivity contribution < 1.29 is 0 Å². The van der Waals surface area contributed by atoms with E-state index in [2.05, 4.69) is 54.0 Å². The maximum absolute atomic E-state index is 4.62. The van der Waals surface area contributed by atoms with Gasteiger partial charge < -0.3 is 9.88 Å². The van der Waals surface area contributed by atoms with E-state index >= 15 is 0 Å². The monoisotopic (exact) mass is 273 g/mol. The second kappa shape index (κ2) is 7.32. The molecule has 3 heteroatoms. The number of rotatable bonds is 8. The molecule has 0 aliphatic rings.